The molecule has 0 aliphatic heterocycles. The lowest BCUT2D eigenvalue weighted by molar-refractivity contribution is 0.0827. The molecule has 3 heteroatoms. The number of hydrogen-bond acceptors (Lipinski definition) is 2. The van der Waals surface area contributed by atoms with Crippen molar-refractivity contribution in [2.45, 2.75) is 46.5 Å². The van der Waals surface area contributed by atoms with Crippen molar-refractivity contribution in [3.8, 4) is 5.75 Å². The molecule has 3 nitrogen and oxygen atoms in total. The molecule has 21 heavy (non-hydrogen) atoms. The highest BCUT2D eigenvalue weighted by Crippen LogP contribution is 2.40. The summed E-state index contributed by atoms with van der Waals surface area (Å²) in [5, 5.41) is 0. The van der Waals surface area contributed by atoms with Crippen LogP contribution in [0.4, 0.5) is 0 Å². The third-order valence-electron chi connectivity index (χ3n) is 3.55. The maximum Gasteiger partial charge on any atom is 0.253 e. The van der Waals surface area contributed by atoms with Crippen LogP contribution >= 0.6 is 0 Å². The Hall–Kier alpha value is -1.51. The van der Waals surface area contributed by atoms with Gasteiger partial charge in [-0.1, -0.05) is 34.6 Å². The fraction of sp³-hybridized carbons (Fsp3) is 0.611. The smallest absolute Gasteiger partial charge is 0.253 e. The van der Waals surface area contributed by atoms with Crippen LogP contribution in [0.5, 0.6) is 5.75 Å². The number of ether oxygens (including phenoxy) is 1. The van der Waals surface area contributed by atoms with Crippen molar-refractivity contribution in [2.75, 3.05) is 21.2 Å². The SMILES string of the molecule is COc1ccc(C(=O)N(C)C)cc1C(C)(C)CC(C)(C)C. The summed E-state index contributed by atoms with van der Waals surface area (Å²) in [6, 6.07) is 5.71. The third kappa shape index (κ3) is 4.48. The van der Waals surface area contributed by atoms with Crippen molar-refractivity contribution in [3.63, 3.8) is 0 Å². The van der Waals surface area contributed by atoms with Gasteiger partial charge in [0, 0.05) is 25.2 Å². The summed E-state index contributed by atoms with van der Waals surface area (Å²) in [6.07, 6.45) is 1.01. The average molecular weight is 291 g/mol. The Bertz CT molecular complexity index is 510. The van der Waals surface area contributed by atoms with Crippen LogP contribution in [0.15, 0.2) is 18.2 Å². The third-order valence-corrected chi connectivity index (χ3v) is 3.55. The largest absolute Gasteiger partial charge is 0.496 e. The van der Waals surface area contributed by atoms with Gasteiger partial charge in [0.25, 0.3) is 5.91 Å². The molecule has 1 rings (SSSR count). The second kappa shape index (κ2) is 6.08. The van der Waals surface area contributed by atoms with Crippen LogP contribution in [0.1, 0.15) is 57.0 Å². The van der Waals surface area contributed by atoms with Gasteiger partial charge in [-0.2, -0.15) is 0 Å². The van der Waals surface area contributed by atoms with E-state index in [0.29, 0.717) is 5.56 Å². The summed E-state index contributed by atoms with van der Waals surface area (Å²) >= 11 is 0. The molecule has 1 aromatic rings. The molecule has 0 saturated carbocycles. The van der Waals surface area contributed by atoms with Gasteiger partial charge in [-0.05, 0) is 35.4 Å². The number of hydrogen-bond donors (Lipinski definition) is 0. The molecule has 0 spiro atoms. The van der Waals surface area contributed by atoms with Crippen LogP contribution in [0.3, 0.4) is 0 Å². The predicted molar refractivity (Wildman–Crippen MR) is 88.1 cm³/mol. The van der Waals surface area contributed by atoms with E-state index in [1.165, 1.54) is 0 Å². The maximum absolute atomic E-state index is 12.2. The van der Waals surface area contributed by atoms with Crippen molar-refractivity contribution < 1.29 is 9.53 Å². The van der Waals surface area contributed by atoms with Gasteiger partial charge in [-0.15, -0.1) is 0 Å². The summed E-state index contributed by atoms with van der Waals surface area (Å²) in [6.45, 7) is 11.1. The molecule has 0 heterocycles. The predicted octanol–water partition coefficient (Wildman–Crippen LogP) is 4.11. The average Bonchev–Trinajstić information content (AvgIpc) is 2.34. The molecule has 0 N–H and O–H groups in total. The van der Waals surface area contributed by atoms with Gasteiger partial charge in [-0.25, -0.2) is 0 Å². The van der Waals surface area contributed by atoms with Crippen LogP contribution in [0, 0.1) is 5.41 Å². The number of carbonyl (C=O) groups excluding carboxylic acids is 1. The van der Waals surface area contributed by atoms with Crippen molar-refractivity contribution in [1.82, 2.24) is 4.90 Å². The minimum atomic E-state index is -0.0633. The molecule has 1 aromatic carbocycles. The lowest BCUT2D eigenvalue weighted by atomic mass is 9.71. The van der Waals surface area contributed by atoms with Crippen molar-refractivity contribution >= 4 is 5.91 Å². The summed E-state index contributed by atoms with van der Waals surface area (Å²) in [5.41, 5.74) is 1.94. The van der Waals surface area contributed by atoms with Crippen LogP contribution in [-0.4, -0.2) is 32.0 Å². The van der Waals surface area contributed by atoms with Gasteiger partial charge in [0.05, 0.1) is 7.11 Å². The van der Waals surface area contributed by atoms with Crippen LogP contribution in [0.2, 0.25) is 0 Å². The summed E-state index contributed by atoms with van der Waals surface area (Å²) in [5.74, 6) is 0.866. The Kier molecular flexibility index (Phi) is 5.08. The molecule has 1 amide bonds. The standard InChI is InChI=1S/C18H29NO2/c1-17(2,3)12-18(4,5)14-11-13(16(20)19(6)7)9-10-15(14)21-8/h9-11H,12H2,1-8H3. The molecule has 118 valence electrons. The topological polar surface area (TPSA) is 29.5 Å². The maximum atomic E-state index is 12.2. The summed E-state index contributed by atoms with van der Waals surface area (Å²) in [7, 11) is 5.22. The number of carbonyl (C=O) groups is 1. The normalized spacial score (nSPS) is 12.2. The van der Waals surface area contributed by atoms with E-state index < -0.39 is 0 Å². The van der Waals surface area contributed by atoms with Gasteiger partial charge < -0.3 is 9.64 Å². The summed E-state index contributed by atoms with van der Waals surface area (Å²) < 4.78 is 5.52. The van der Waals surface area contributed by atoms with E-state index in [0.717, 1.165) is 17.7 Å². The highest BCUT2D eigenvalue weighted by Gasteiger charge is 2.30. The molecule has 0 fully saturated rings. The van der Waals surface area contributed by atoms with Crippen LogP contribution < -0.4 is 4.74 Å². The Morgan fingerprint density at radius 3 is 2.14 bits per heavy atom. The van der Waals surface area contributed by atoms with Crippen molar-refractivity contribution in [2.24, 2.45) is 5.41 Å². The minimum absolute atomic E-state index is 0.0189. The number of nitrogens with zero attached hydrogens (tertiary/aromatic N) is 1. The first-order valence-corrected chi connectivity index (χ1v) is 7.38. The lowest BCUT2D eigenvalue weighted by Crippen LogP contribution is -2.27. The highest BCUT2D eigenvalue weighted by atomic mass is 16.5. The van der Waals surface area contributed by atoms with E-state index in [1.54, 1.807) is 26.1 Å². The van der Waals surface area contributed by atoms with Gasteiger partial charge in [0.2, 0.25) is 0 Å². The molecule has 0 atom stereocenters. The lowest BCUT2D eigenvalue weighted by Gasteiger charge is -2.34. The fourth-order valence-corrected chi connectivity index (χ4v) is 3.05. The second-order valence-corrected chi connectivity index (χ2v) is 7.74. The molecule has 0 bridgehead atoms. The molecular weight excluding hydrogens is 262 g/mol. The number of methoxy groups -OCH3 is 1. The number of benzene rings is 1. The number of amides is 1. The van der Waals surface area contributed by atoms with E-state index >= 15 is 0 Å². The van der Waals surface area contributed by atoms with E-state index in [9.17, 15) is 4.79 Å². The molecule has 0 aromatic heterocycles. The Morgan fingerprint density at radius 1 is 1.14 bits per heavy atom. The molecule has 0 saturated heterocycles. The van der Waals surface area contributed by atoms with Gasteiger partial charge in [0.15, 0.2) is 0 Å². The molecular formula is C18H29NO2. The van der Waals surface area contributed by atoms with Crippen LogP contribution in [0.25, 0.3) is 0 Å². The molecule has 0 unspecified atom stereocenters. The first kappa shape index (κ1) is 17.5. The highest BCUT2D eigenvalue weighted by molar-refractivity contribution is 5.94. The van der Waals surface area contributed by atoms with E-state index in [-0.39, 0.29) is 16.7 Å². The first-order valence-electron chi connectivity index (χ1n) is 7.38. The zero-order valence-electron chi connectivity index (χ0n) is 14.7. The quantitative estimate of drug-likeness (QED) is 0.835. The van der Waals surface area contributed by atoms with Crippen LogP contribution in [-0.2, 0) is 5.41 Å². The molecule has 0 radical (unpaired) electrons. The van der Waals surface area contributed by atoms with Gasteiger partial charge in [-0.3, -0.25) is 4.79 Å². The zero-order chi connectivity index (χ0) is 16.4. The Balaban J connectivity index is 3.32. The number of rotatable bonds is 4. The first-order chi connectivity index (χ1) is 9.48. The Morgan fingerprint density at radius 2 is 1.71 bits per heavy atom. The minimum Gasteiger partial charge on any atom is -0.496 e. The summed E-state index contributed by atoms with van der Waals surface area (Å²) in [4.78, 5) is 13.8. The Labute approximate surface area is 129 Å². The van der Waals surface area contributed by atoms with E-state index in [2.05, 4.69) is 34.6 Å². The monoisotopic (exact) mass is 291 g/mol. The fourth-order valence-electron chi connectivity index (χ4n) is 3.05. The second-order valence-electron chi connectivity index (χ2n) is 7.74. The van der Waals surface area contributed by atoms with E-state index in [1.807, 2.05) is 18.2 Å². The van der Waals surface area contributed by atoms with Crippen molar-refractivity contribution in [3.05, 3.63) is 29.3 Å². The molecule has 0 aliphatic rings. The van der Waals surface area contributed by atoms with Gasteiger partial charge in [0.1, 0.15) is 5.75 Å². The zero-order valence-corrected chi connectivity index (χ0v) is 14.7. The van der Waals surface area contributed by atoms with E-state index in [4.69, 9.17) is 4.74 Å². The van der Waals surface area contributed by atoms with Crippen molar-refractivity contribution in [1.29, 1.82) is 0 Å². The van der Waals surface area contributed by atoms with Gasteiger partial charge >= 0.3 is 0 Å². The molecule has 0 aliphatic carbocycles.